The third kappa shape index (κ3) is 39.3. The van der Waals surface area contributed by atoms with Crippen LogP contribution >= 0.6 is 7.82 Å². The Morgan fingerprint density at radius 2 is 1.02 bits per heavy atom. The Balaban J connectivity index is 4.28. The normalized spacial score (nSPS) is 14.5. The number of carbonyl (C=O) groups is 1. The topological polar surface area (TPSA) is 108 Å². The number of nitrogens with zero attached hydrogens (tertiary/aromatic N) is 1. The molecule has 0 spiro atoms. The molecule has 53 heavy (non-hydrogen) atoms. The van der Waals surface area contributed by atoms with Crippen molar-refractivity contribution >= 4 is 13.7 Å². The van der Waals surface area contributed by atoms with E-state index in [0.717, 1.165) is 38.5 Å². The first-order valence-electron chi connectivity index (χ1n) is 22.6. The summed E-state index contributed by atoms with van der Waals surface area (Å²) in [6.45, 7) is 4.65. The van der Waals surface area contributed by atoms with Gasteiger partial charge in [-0.25, -0.2) is 0 Å². The van der Waals surface area contributed by atoms with Gasteiger partial charge in [0.25, 0.3) is 7.82 Å². The maximum absolute atomic E-state index is 12.8. The molecule has 0 bridgehead atoms. The lowest BCUT2D eigenvalue weighted by atomic mass is 10.0. The van der Waals surface area contributed by atoms with Gasteiger partial charge < -0.3 is 28.8 Å². The molecule has 316 valence electrons. The number of hydrogen-bond acceptors (Lipinski definition) is 6. The van der Waals surface area contributed by atoms with E-state index in [2.05, 4.69) is 19.2 Å². The first kappa shape index (κ1) is 52.2. The number of aliphatic hydroxyl groups is 1. The number of carbonyl (C=O) groups excluding carboxylic acids is 1. The van der Waals surface area contributed by atoms with E-state index in [1.807, 2.05) is 27.2 Å². The number of rotatable bonds is 41. The number of quaternary nitrogens is 1. The van der Waals surface area contributed by atoms with Crippen molar-refractivity contribution < 1.29 is 32.9 Å². The zero-order valence-corrected chi connectivity index (χ0v) is 36.6. The van der Waals surface area contributed by atoms with Gasteiger partial charge in [-0.05, 0) is 19.3 Å². The van der Waals surface area contributed by atoms with E-state index in [-0.39, 0.29) is 19.1 Å². The number of amides is 1. The summed E-state index contributed by atoms with van der Waals surface area (Å²) >= 11 is 0. The van der Waals surface area contributed by atoms with E-state index >= 15 is 0 Å². The van der Waals surface area contributed by atoms with E-state index in [1.165, 1.54) is 154 Å². The lowest BCUT2D eigenvalue weighted by Crippen LogP contribution is -2.45. The molecule has 8 nitrogen and oxygen atoms in total. The molecule has 0 saturated heterocycles. The van der Waals surface area contributed by atoms with Crippen LogP contribution in [-0.2, 0) is 18.4 Å². The van der Waals surface area contributed by atoms with Crippen LogP contribution in [0.2, 0.25) is 0 Å². The maximum Gasteiger partial charge on any atom is 0.268 e. The molecule has 0 aromatic heterocycles. The molecule has 1 amide bonds. The number of unbranched alkanes of at least 4 members (excludes halogenated alkanes) is 28. The van der Waals surface area contributed by atoms with Gasteiger partial charge in [-0.15, -0.1) is 0 Å². The summed E-state index contributed by atoms with van der Waals surface area (Å²) in [5, 5.41) is 13.7. The maximum atomic E-state index is 12.8. The number of phosphoric acid groups is 1. The average molecular weight is 773 g/mol. The average Bonchev–Trinajstić information content (AvgIpc) is 3.10. The zero-order valence-electron chi connectivity index (χ0n) is 35.7. The SMILES string of the molecule is CCCCCCCCCCC/C=C/[C@@H](O)[C@H](COP(=O)([O-])OCC[N+](C)(C)C)NC(=O)CCCCCCCCCCCCCCCCCCCCCC. The summed E-state index contributed by atoms with van der Waals surface area (Å²) in [6, 6.07) is -0.878. The smallest absolute Gasteiger partial charge is 0.268 e. The minimum Gasteiger partial charge on any atom is -0.756 e. The van der Waals surface area contributed by atoms with Crippen molar-refractivity contribution in [2.75, 3.05) is 40.9 Å². The third-order valence-electron chi connectivity index (χ3n) is 10.2. The van der Waals surface area contributed by atoms with Crippen LogP contribution in [-0.4, -0.2) is 68.5 Å². The number of aliphatic hydroxyl groups excluding tert-OH is 1. The fraction of sp³-hybridized carbons (Fsp3) is 0.932. The van der Waals surface area contributed by atoms with Gasteiger partial charge in [-0.3, -0.25) is 9.36 Å². The molecule has 9 heteroatoms. The fourth-order valence-corrected chi connectivity index (χ4v) is 7.35. The number of phosphoric ester groups is 1. The number of nitrogens with one attached hydrogen (secondary N) is 1. The van der Waals surface area contributed by atoms with E-state index in [1.54, 1.807) is 6.08 Å². The molecule has 0 radical (unpaired) electrons. The van der Waals surface area contributed by atoms with E-state index in [0.29, 0.717) is 17.4 Å². The summed E-state index contributed by atoms with van der Waals surface area (Å²) < 4.78 is 23.2. The van der Waals surface area contributed by atoms with E-state index in [4.69, 9.17) is 9.05 Å². The molecule has 3 atom stereocenters. The summed E-state index contributed by atoms with van der Waals surface area (Å²) in [5.74, 6) is -0.195. The van der Waals surface area contributed by atoms with Crippen molar-refractivity contribution in [1.29, 1.82) is 0 Å². The van der Waals surface area contributed by atoms with Gasteiger partial charge in [-0.1, -0.05) is 199 Å². The molecule has 0 aromatic rings. The van der Waals surface area contributed by atoms with E-state index in [9.17, 15) is 19.4 Å². The number of likely N-dealkylation sites (N-methyl/N-ethyl adjacent to an activating group) is 1. The van der Waals surface area contributed by atoms with Gasteiger partial charge in [0.15, 0.2) is 0 Å². The van der Waals surface area contributed by atoms with Crippen LogP contribution in [0.3, 0.4) is 0 Å². The molecule has 0 fully saturated rings. The van der Waals surface area contributed by atoms with Gasteiger partial charge in [0, 0.05) is 6.42 Å². The molecule has 0 heterocycles. The Morgan fingerprint density at radius 1 is 0.642 bits per heavy atom. The Bertz CT molecular complexity index is 880. The van der Waals surface area contributed by atoms with Gasteiger partial charge in [0.05, 0.1) is 39.9 Å². The minimum atomic E-state index is -4.58. The largest absolute Gasteiger partial charge is 0.756 e. The van der Waals surface area contributed by atoms with Crippen molar-refractivity contribution in [1.82, 2.24) is 5.32 Å². The molecular weight excluding hydrogens is 683 g/mol. The van der Waals surface area contributed by atoms with Crippen LogP contribution < -0.4 is 10.2 Å². The molecular formula is C44H89N2O6P. The number of allylic oxidation sites excluding steroid dienone is 1. The lowest BCUT2D eigenvalue weighted by Gasteiger charge is -2.29. The summed E-state index contributed by atoms with van der Waals surface area (Å²) in [5.41, 5.74) is 0. The predicted octanol–water partition coefficient (Wildman–Crippen LogP) is 11.7. The first-order valence-corrected chi connectivity index (χ1v) is 24.0. The highest BCUT2D eigenvalue weighted by Gasteiger charge is 2.23. The molecule has 0 aliphatic rings. The van der Waals surface area contributed by atoms with Gasteiger partial charge in [-0.2, -0.15) is 0 Å². The molecule has 0 saturated carbocycles. The first-order chi connectivity index (χ1) is 25.5. The van der Waals surface area contributed by atoms with Crippen LogP contribution in [0.25, 0.3) is 0 Å². The minimum absolute atomic E-state index is 0.00192. The van der Waals surface area contributed by atoms with Crippen molar-refractivity contribution in [2.24, 2.45) is 0 Å². The van der Waals surface area contributed by atoms with Crippen LogP contribution in [0, 0.1) is 0 Å². The molecule has 0 rings (SSSR count). The second-order valence-corrected chi connectivity index (χ2v) is 18.2. The Morgan fingerprint density at radius 3 is 1.42 bits per heavy atom. The lowest BCUT2D eigenvalue weighted by molar-refractivity contribution is -0.870. The van der Waals surface area contributed by atoms with Crippen LogP contribution in [0.4, 0.5) is 0 Å². The Hall–Kier alpha value is -0.760. The van der Waals surface area contributed by atoms with Gasteiger partial charge in [0.1, 0.15) is 13.2 Å². The summed E-state index contributed by atoms with van der Waals surface area (Å²) in [6.07, 6.45) is 41.1. The summed E-state index contributed by atoms with van der Waals surface area (Å²) in [4.78, 5) is 25.3. The fourth-order valence-electron chi connectivity index (χ4n) is 6.62. The van der Waals surface area contributed by atoms with Crippen molar-refractivity contribution in [2.45, 2.75) is 225 Å². The predicted molar refractivity (Wildman–Crippen MR) is 224 cm³/mol. The van der Waals surface area contributed by atoms with Crippen molar-refractivity contribution in [3.05, 3.63) is 12.2 Å². The summed E-state index contributed by atoms with van der Waals surface area (Å²) in [7, 11) is 1.27. The Labute approximate surface area is 329 Å². The molecule has 0 aliphatic carbocycles. The molecule has 2 N–H and O–H groups in total. The highest BCUT2D eigenvalue weighted by molar-refractivity contribution is 7.45. The third-order valence-corrected chi connectivity index (χ3v) is 11.2. The second-order valence-electron chi connectivity index (χ2n) is 16.8. The zero-order chi connectivity index (χ0) is 39.3. The van der Waals surface area contributed by atoms with Crippen LogP contribution in [0.1, 0.15) is 213 Å². The van der Waals surface area contributed by atoms with E-state index < -0.39 is 20.0 Å². The quantitative estimate of drug-likeness (QED) is 0.0277. The standard InChI is InChI=1S/C44H89N2O6P/c1-6-8-10-12-14-16-18-19-20-21-22-23-24-25-26-28-30-32-34-36-38-44(48)45-42(41-52-53(49,50)51-40-39-46(3,4)5)43(47)37-35-33-31-29-27-17-15-13-11-9-7-2/h35,37,42-43,47H,6-34,36,38-41H2,1-5H3,(H-,45,48,49,50)/b37-35+/t42-,43+/m0/s1. The van der Waals surface area contributed by atoms with Gasteiger partial charge >= 0.3 is 0 Å². The highest BCUT2D eigenvalue weighted by atomic mass is 31.2. The van der Waals surface area contributed by atoms with Crippen LogP contribution in [0.15, 0.2) is 12.2 Å². The second kappa shape index (κ2) is 36.9. The molecule has 0 aromatic carbocycles. The van der Waals surface area contributed by atoms with Gasteiger partial charge in [0.2, 0.25) is 5.91 Å². The molecule has 0 aliphatic heterocycles. The van der Waals surface area contributed by atoms with Crippen molar-refractivity contribution in [3.8, 4) is 0 Å². The highest BCUT2D eigenvalue weighted by Crippen LogP contribution is 2.38. The van der Waals surface area contributed by atoms with Crippen LogP contribution in [0.5, 0.6) is 0 Å². The molecule has 1 unspecified atom stereocenters. The monoisotopic (exact) mass is 773 g/mol. The van der Waals surface area contributed by atoms with Crippen molar-refractivity contribution in [3.63, 3.8) is 0 Å². The Kier molecular flexibility index (Phi) is 36.3. The number of hydrogen-bond donors (Lipinski definition) is 2.